The van der Waals surface area contributed by atoms with Crippen molar-refractivity contribution in [2.24, 2.45) is 5.73 Å². The summed E-state index contributed by atoms with van der Waals surface area (Å²) in [7, 11) is 0. The fourth-order valence-corrected chi connectivity index (χ4v) is 2.12. The van der Waals surface area contributed by atoms with Crippen LogP contribution in [-0.4, -0.2) is 4.98 Å². The van der Waals surface area contributed by atoms with Crippen LogP contribution in [0, 0.1) is 0 Å². The molecule has 1 aromatic carbocycles. The molecule has 0 aliphatic rings. The minimum Gasteiger partial charge on any atom is -0.320 e. The van der Waals surface area contributed by atoms with Gasteiger partial charge in [-0.15, -0.1) is 0 Å². The molecule has 1 atom stereocenters. The number of aryl methyl sites for hydroxylation is 1. The molecule has 2 N–H and O–H groups in total. The van der Waals surface area contributed by atoms with Gasteiger partial charge in [-0.2, -0.15) is 13.2 Å². The second-order valence-electron chi connectivity index (χ2n) is 4.53. The van der Waals surface area contributed by atoms with Crippen molar-refractivity contribution in [1.82, 2.24) is 4.98 Å². The summed E-state index contributed by atoms with van der Waals surface area (Å²) >= 11 is 0. The lowest BCUT2D eigenvalue weighted by Crippen LogP contribution is -2.15. The first kappa shape index (κ1) is 14.5. The average molecular weight is 280 g/mol. The largest absolute Gasteiger partial charge is 0.416 e. The van der Waals surface area contributed by atoms with Gasteiger partial charge in [0, 0.05) is 12.4 Å². The summed E-state index contributed by atoms with van der Waals surface area (Å²) in [6, 6.07) is 6.30. The van der Waals surface area contributed by atoms with Crippen molar-refractivity contribution in [3.63, 3.8) is 0 Å². The van der Waals surface area contributed by atoms with E-state index in [4.69, 9.17) is 5.73 Å². The molecule has 0 fully saturated rings. The van der Waals surface area contributed by atoms with E-state index in [0.717, 1.165) is 29.7 Å². The third kappa shape index (κ3) is 2.99. The van der Waals surface area contributed by atoms with Crippen molar-refractivity contribution >= 4 is 0 Å². The molecule has 0 radical (unpaired) electrons. The van der Waals surface area contributed by atoms with Crippen molar-refractivity contribution in [2.75, 3.05) is 0 Å². The van der Waals surface area contributed by atoms with Gasteiger partial charge in [0.2, 0.25) is 0 Å². The lowest BCUT2D eigenvalue weighted by molar-refractivity contribution is -0.137. The summed E-state index contributed by atoms with van der Waals surface area (Å²) < 4.78 is 38.2. The number of rotatable bonds is 3. The minimum atomic E-state index is -4.36. The first-order chi connectivity index (χ1) is 9.43. The van der Waals surface area contributed by atoms with Gasteiger partial charge < -0.3 is 5.73 Å². The fourth-order valence-electron chi connectivity index (χ4n) is 2.12. The smallest absolute Gasteiger partial charge is 0.320 e. The maximum Gasteiger partial charge on any atom is 0.416 e. The van der Waals surface area contributed by atoms with Crippen LogP contribution in [0.4, 0.5) is 13.2 Å². The Hall–Kier alpha value is -1.88. The van der Waals surface area contributed by atoms with E-state index in [1.807, 2.05) is 6.92 Å². The molecule has 2 rings (SSSR count). The summed E-state index contributed by atoms with van der Waals surface area (Å²) in [4.78, 5) is 4.01. The highest BCUT2D eigenvalue weighted by Crippen LogP contribution is 2.32. The van der Waals surface area contributed by atoms with E-state index in [1.165, 1.54) is 6.07 Å². The Bertz CT molecular complexity index is 594. The van der Waals surface area contributed by atoms with Crippen molar-refractivity contribution in [2.45, 2.75) is 25.6 Å². The Morgan fingerprint density at radius 3 is 2.65 bits per heavy atom. The number of halogens is 3. The topological polar surface area (TPSA) is 38.9 Å². The highest BCUT2D eigenvalue weighted by molar-refractivity contribution is 5.37. The molecule has 1 aromatic heterocycles. The van der Waals surface area contributed by atoms with Gasteiger partial charge in [-0.05, 0) is 41.3 Å². The van der Waals surface area contributed by atoms with Crippen LogP contribution in [0.5, 0.6) is 0 Å². The zero-order valence-corrected chi connectivity index (χ0v) is 11.0. The Morgan fingerprint density at radius 1 is 1.25 bits per heavy atom. The van der Waals surface area contributed by atoms with Crippen molar-refractivity contribution in [1.29, 1.82) is 0 Å². The van der Waals surface area contributed by atoms with E-state index >= 15 is 0 Å². The minimum absolute atomic E-state index is 0.445. The predicted octanol–water partition coefficient (Wildman–Crippen LogP) is 3.71. The monoisotopic (exact) mass is 280 g/mol. The van der Waals surface area contributed by atoms with E-state index < -0.39 is 17.8 Å². The van der Waals surface area contributed by atoms with Crippen molar-refractivity contribution in [3.05, 3.63) is 65.0 Å². The molecule has 2 nitrogen and oxygen atoms in total. The Kier molecular flexibility index (Phi) is 4.09. The van der Waals surface area contributed by atoms with E-state index in [2.05, 4.69) is 4.98 Å². The van der Waals surface area contributed by atoms with Crippen LogP contribution >= 0.6 is 0 Å². The highest BCUT2D eigenvalue weighted by atomic mass is 19.4. The van der Waals surface area contributed by atoms with Crippen molar-refractivity contribution in [3.8, 4) is 0 Å². The number of benzene rings is 1. The number of hydrogen-bond acceptors (Lipinski definition) is 2. The molecule has 20 heavy (non-hydrogen) atoms. The van der Waals surface area contributed by atoms with Crippen LogP contribution in [0.25, 0.3) is 0 Å². The molecule has 0 saturated heterocycles. The van der Waals surface area contributed by atoms with Crippen LogP contribution in [0.15, 0.2) is 42.7 Å². The first-order valence-corrected chi connectivity index (χ1v) is 6.29. The normalized spacial score (nSPS) is 13.2. The molecule has 5 heteroatoms. The zero-order chi connectivity index (χ0) is 14.8. The SMILES string of the molecule is CCc1cnccc1C(N)c1cccc(C(F)(F)F)c1. The molecular weight excluding hydrogens is 265 g/mol. The van der Waals surface area contributed by atoms with Gasteiger partial charge in [0.15, 0.2) is 0 Å². The molecule has 106 valence electrons. The van der Waals surface area contributed by atoms with Gasteiger partial charge in [-0.25, -0.2) is 0 Å². The molecule has 0 spiro atoms. The number of alkyl halides is 3. The van der Waals surface area contributed by atoms with E-state index in [-0.39, 0.29) is 0 Å². The standard InChI is InChI=1S/C15H15F3N2/c1-2-10-9-20-7-6-13(10)14(19)11-4-3-5-12(8-11)15(16,17)18/h3-9,14H,2,19H2,1H3. The summed E-state index contributed by atoms with van der Waals surface area (Å²) in [5.41, 5.74) is 7.62. The molecule has 1 heterocycles. The Morgan fingerprint density at radius 2 is 2.00 bits per heavy atom. The van der Waals surface area contributed by atoms with Crippen LogP contribution in [-0.2, 0) is 12.6 Å². The summed E-state index contributed by atoms with van der Waals surface area (Å²) in [6.45, 7) is 1.96. The maximum absolute atomic E-state index is 12.7. The molecule has 0 saturated carbocycles. The van der Waals surface area contributed by atoms with Crippen LogP contribution in [0.2, 0.25) is 0 Å². The molecule has 1 unspecified atom stereocenters. The van der Waals surface area contributed by atoms with Gasteiger partial charge in [0.05, 0.1) is 11.6 Å². The van der Waals surface area contributed by atoms with E-state index in [9.17, 15) is 13.2 Å². The fraction of sp³-hybridized carbons (Fsp3) is 0.267. The van der Waals surface area contributed by atoms with Crippen LogP contribution < -0.4 is 5.73 Å². The van der Waals surface area contributed by atoms with Gasteiger partial charge in [0.1, 0.15) is 0 Å². The number of nitrogens with two attached hydrogens (primary N) is 1. The Balaban J connectivity index is 2.41. The maximum atomic E-state index is 12.7. The number of nitrogens with zero attached hydrogens (tertiary/aromatic N) is 1. The number of aromatic nitrogens is 1. The average Bonchev–Trinajstić information content (AvgIpc) is 2.45. The van der Waals surface area contributed by atoms with Gasteiger partial charge in [-0.3, -0.25) is 4.98 Å². The van der Waals surface area contributed by atoms with E-state index in [0.29, 0.717) is 5.56 Å². The van der Waals surface area contributed by atoms with Crippen molar-refractivity contribution < 1.29 is 13.2 Å². The second-order valence-corrected chi connectivity index (χ2v) is 4.53. The molecule has 0 aliphatic heterocycles. The summed E-state index contributed by atoms with van der Waals surface area (Å²) in [6.07, 6.45) is -0.331. The lowest BCUT2D eigenvalue weighted by atomic mass is 9.94. The van der Waals surface area contributed by atoms with Crippen LogP contribution in [0.1, 0.15) is 35.2 Å². The van der Waals surface area contributed by atoms with Gasteiger partial charge in [-0.1, -0.05) is 19.1 Å². The third-order valence-corrected chi connectivity index (χ3v) is 3.23. The van der Waals surface area contributed by atoms with E-state index in [1.54, 1.807) is 24.5 Å². The number of hydrogen-bond donors (Lipinski definition) is 1. The molecule has 0 amide bonds. The Labute approximate surface area is 115 Å². The zero-order valence-electron chi connectivity index (χ0n) is 11.0. The predicted molar refractivity (Wildman–Crippen MR) is 71.1 cm³/mol. The second kappa shape index (κ2) is 5.63. The lowest BCUT2D eigenvalue weighted by Gasteiger charge is -2.17. The first-order valence-electron chi connectivity index (χ1n) is 6.29. The third-order valence-electron chi connectivity index (χ3n) is 3.23. The van der Waals surface area contributed by atoms with Gasteiger partial charge >= 0.3 is 6.18 Å². The van der Waals surface area contributed by atoms with Gasteiger partial charge in [0.25, 0.3) is 0 Å². The molecule has 2 aromatic rings. The number of pyridine rings is 1. The van der Waals surface area contributed by atoms with Crippen LogP contribution in [0.3, 0.4) is 0 Å². The molecule has 0 aliphatic carbocycles. The molecular formula is C15H15F3N2. The summed E-state index contributed by atoms with van der Waals surface area (Å²) in [5.74, 6) is 0. The summed E-state index contributed by atoms with van der Waals surface area (Å²) in [5, 5.41) is 0. The highest BCUT2D eigenvalue weighted by Gasteiger charge is 2.30. The quantitative estimate of drug-likeness (QED) is 0.930. The molecule has 0 bridgehead atoms.